The van der Waals surface area contributed by atoms with E-state index in [2.05, 4.69) is 10.0 Å². The summed E-state index contributed by atoms with van der Waals surface area (Å²) in [6, 6.07) is 9.81. The Morgan fingerprint density at radius 2 is 1.90 bits per heavy atom. The molecule has 0 saturated carbocycles. The standard InChI is InChI=1S/C15H25N3O2S/c1-21(19,20)18-14(11-13-5-3-2-4-6-13)15(12-16)7-9-17-10-8-15/h2-6,14,17-18H,7-12,16H2,1H3. The van der Waals surface area contributed by atoms with Gasteiger partial charge in [-0.2, -0.15) is 0 Å². The zero-order valence-corrected chi connectivity index (χ0v) is 13.3. The van der Waals surface area contributed by atoms with Crippen LogP contribution in [0.2, 0.25) is 0 Å². The maximum absolute atomic E-state index is 11.8. The van der Waals surface area contributed by atoms with Crippen LogP contribution in [0.15, 0.2) is 30.3 Å². The minimum Gasteiger partial charge on any atom is -0.330 e. The van der Waals surface area contributed by atoms with Gasteiger partial charge in [-0.1, -0.05) is 30.3 Å². The Morgan fingerprint density at radius 3 is 2.43 bits per heavy atom. The molecule has 5 nitrogen and oxygen atoms in total. The SMILES string of the molecule is CS(=O)(=O)NC(Cc1ccccc1)C1(CN)CCNCC1. The molecule has 1 aliphatic heterocycles. The van der Waals surface area contributed by atoms with Crippen molar-refractivity contribution in [1.82, 2.24) is 10.0 Å². The van der Waals surface area contributed by atoms with Crippen LogP contribution in [0.5, 0.6) is 0 Å². The minimum absolute atomic E-state index is 0.165. The fourth-order valence-electron chi connectivity index (χ4n) is 3.11. The predicted molar refractivity (Wildman–Crippen MR) is 85.5 cm³/mol. The molecule has 1 aliphatic rings. The molecule has 1 heterocycles. The van der Waals surface area contributed by atoms with Crippen LogP contribution in [0.3, 0.4) is 0 Å². The van der Waals surface area contributed by atoms with Crippen molar-refractivity contribution in [3.05, 3.63) is 35.9 Å². The molecule has 4 N–H and O–H groups in total. The predicted octanol–water partition coefficient (Wildman–Crippen LogP) is 0.475. The number of benzene rings is 1. The first-order valence-electron chi connectivity index (χ1n) is 7.37. The summed E-state index contributed by atoms with van der Waals surface area (Å²) >= 11 is 0. The third kappa shape index (κ3) is 4.51. The molecule has 1 saturated heterocycles. The van der Waals surface area contributed by atoms with Crippen LogP contribution in [0, 0.1) is 5.41 Å². The molecule has 0 aromatic heterocycles. The zero-order chi connectivity index (χ0) is 15.3. The molecule has 21 heavy (non-hydrogen) atoms. The Kier molecular flexibility index (Phi) is 5.37. The number of piperidine rings is 1. The summed E-state index contributed by atoms with van der Waals surface area (Å²) in [6.45, 7) is 2.26. The number of nitrogens with one attached hydrogen (secondary N) is 2. The second-order valence-corrected chi connectivity index (χ2v) is 7.73. The van der Waals surface area contributed by atoms with E-state index in [-0.39, 0.29) is 11.5 Å². The molecule has 0 radical (unpaired) electrons. The van der Waals surface area contributed by atoms with Gasteiger partial charge in [0.2, 0.25) is 10.0 Å². The van der Waals surface area contributed by atoms with Gasteiger partial charge in [-0.15, -0.1) is 0 Å². The third-order valence-corrected chi connectivity index (χ3v) is 5.10. The molecular formula is C15H25N3O2S. The van der Waals surface area contributed by atoms with Crippen LogP contribution >= 0.6 is 0 Å². The molecular weight excluding hydrogens is 286 g/mol. The Balaban J connectivity index is 2.26. The maximum atomic E-state index is 11.8. The fourth-order valence-corrected chi connectivity index (χ4v) is 3.96. The third-order valence-electron chi connectivity index (χ3n) is 4.38. The maximum Gasteiger partial charge on any atom is 0.208 e. The summed E-state index contributed by atoms with van der Waals surface area (Å²) in [5.41, 5.74) is 7.00. The Morgan fingerprint density at radius 1 is 1.29 bits per heavy atom. The molecule has 0 aliphatic carbocycles. The summed E-state index contributed by atoms with van der Waals surface area (Å²) in [4.78, 5) is 0. The van der Waals surface area contributed by atoms with Crippen molar-refractivity contribution in [1.29, 1.82) is 0 Å². The second kappa shape index (κ2) is 6.87. The van der Waals surface area contributed by atoms with Crippen molar-refractivity contribution in [3.8, 4) is 0 Å². The molecule has 1 fully saturated rings. The van der Waals surface area contributed by atoms with Crippen molar-refractivity contribution in [2.45, 2.75) is 25.3 Å². The molecule has 1 aromatic rings. The smallest absolute Gasteiger partial charge is 0.208 e. The first kappa shape index (κ1) is 16.4. The van der Waals surface area contributed by atoms with Crippen molar-refractivity contribution >= 4 is 10.0 Å². The van der Waals surface area contributed by atoms with Gasteiger partial charge in [-0.05, 0) is 44.5 Å². The molecule has 0 bridgehead atoms. The van der Waals surface area contributed by atoms with E-state index >= 15 is 0 Å². The van der Waals surface area contributed by atoms with E-state index in [1.54, 1.807) is 0 Å². The van der Waals surface area contributed by atoms with Gasteiger partial charge < -0.3 is 11.1 Å². The molecule has 1 aromatic carbocycles. The van der Waals surface area contributed by atoms with Crippen molar-refractivity contribution in [2.75, 3.05) is 25.9 Å². The van der Waals surface area contributed by atoms with Gasteiger partial charge >= 0.3 is 0 Å². The topological polar surface area (TPSA) is 84.2 Å². The lowest BCUT2D eigenvalue weighted by molar-refractivity contribution is 0.154. The van der Waals surface area contributed by atoms with E-state index in [0.717, 1.165) is 31.5 Å². The van der Waals surface area contributed by atoms with Crippen LogP contribution in [0.4, 0.5) is 0 Å². The first-order valence-corrected chi connectivity index (χ1v) is 9.26. The number of rotatable bonds is 6. The van der Waals surface area contributed by atoms with E-state index in [9.17, 15) is 8.42 Å². The van der Waals surface area contributed by atoms with Gasteiger partial charge in [0.15, 0.2) is 0 Å². The number of hydrogen-bond donors (Lipinski definition) is 3. The monoisotopic (exact) mass is 311 g/mol. The van der Waals surface area contributed by atoms with Gasteiger partial charge in [-0.3, -0.25) is 0 Å². The summed E-state index contributed by atoms with van der Waals surface area (Å²) in [5.74, 6) is 0. The van der Waals surface area contributed by atoms with E-state index in [1.165, 1.54) is 6.26 Å². The summed E-state index contributed by atoms with van der Waals surface area (Å²) < 4.78 is 26.4. The Hall–Kier alpha value is -0.950. The molecule has 1 atom stereocenters. The second-order valence-electron chi connectivity index (χ2n) is 5.95. The highest BCUT2D eigenvalue weighted by molar-refractivity contribution is 7.88. The largest absolute Gasteiger partial charge is 0.330 e. The van der Waals surface area contributed by atoms with Crippen molar-refractivity contribution < 1.29 is 8.42 Å². The van der Waals surface area contributed by atoms with Crippen LogP contribution in [-0.4, -0.2) is 40.3 Å². The van der Waals surface area contributed by atoms with Gasteiger partial charge in [-0.25, -0.2) is 13.1 Å². The van der Waals surface area contributed by atoms with Gasteiger partial charge in [0.1, 0.15) is 0 Å². The van der Waals surface area contributed by atoms with Crippen LogP contribution in [0.1, 0.15) is 18.4 Å². The normalized spacial score (nSPS) is 20.1. The van der Waals surface area contributed by atoms with E-state index in [4.69, 9.17) is 5.73 Å². The summed E-state index contributed by atoms with van der Waals surface area (Å²) in [5, 5.41) is 3.32. The van der Waals surface area contributed by atoms with Gasteiger partial charge in [0.05, 0.1) is 6.26 Å². The summed E-state index contributed by atoms with van der Waals surface area (Å²) in [6.07, 6.45) is 3.68. The average molecular weight is 311 g/mol. The van der Waals surface area contributed by atoms with Crippen LogP contribution in [0.25, 0.3) is 0 Å². The van der Waals surface area contributed by atoms with E-state index in [0.29, 0.717) is 13.0 Å². The Bertz CT molecular complexity index is 539. The minimum atomic E-state index is -3.27. The van der Waals surface area contributed by atoms with E-state index < -0.39 is 10.0 Å². The quantitative estimate of drug-likeness (QED) is 0.713. The first-order chi connectivity index (χ1) is 9.95. The van der Waals surface area contributed by atoms with Crippen LogP contribution < -0.4 is 15.8 Å². The molecule has 2 rings (SSSR count). The fraction of sp³-hybridized carbons (Fsp3) is 0.600. The lowest BCUT2D eigenvalue weighted by Crippen LogP contribution is -2.56. The average Bonchev–Trinajstić information content (AvgIpc) is 2.47. The van der Waals surface area contributed by atoms with Gasteiger partial charge in [0.25, 0.3) is 0 Å². The van der Waals surface area contributed by atoms with Gasteiger partial charge in [0, 0.05) is 11.5 Å². The molecule has 0 spiro atoms. The number of hydrogen-bond acceptors (Lipinski definition) is 4. The highest BCUT2D eigenvalue weighted by atomic mass is 32.2. The lowest BCUT2D eigenvalue weighted by atomic mass is 9.71. The highest BCUT2D eigenvalue weighted by Crippen LogP contribution is 2.33. The number of sulfonamides is 1. The molecule has 118 valence electrons. The number of nitrogens with two attached hydrogens (primary N) is 1. The van der Waals surface area contributed by atoms with Crippen molar-refractivity contribution in [2.24, 2.45) is 11.1 Å². The molecule has 0 amide bonds. The van der Waals surface area contributed by atoms with Crippen molar-refractivity contribution in [3.63, 3.8) is 0 Å². The highest BCUT2D eigenvalue weighted by Gasteiger charge is 2.40. The molecule has 1 unspecified atom stereocenters. The molecule has 6 heteroatoms. The summed E-state index contributed by atoms with van der Waals surface area (Å²) in [7, 11) is -3.27. The zero-order valence-electron chi connectivity index (χ0n) is 12.5. The van der Waals surface area contributed by atoms with Crippen LogP contribution in [-0.2, 0) is 16.4 Å². The lowest BCUT2D eigenvalue weighted by Gasteiger charge is -2.43. The Labute approximate surface area is 127 Å². The van der Waals surface area contributed by atoms with E-state index in [1.807, 2.05) is 30.3 Å².